The number of hydrogen-bond donors (Lipinski definition) is 2. The Labute approximate surface area is 266 Å². The van der Waals surface area contributed by atoms with Gasteiger partial charge in [0.25, 0.3) is 0 Å². The highest BCUT2D eigenvalue weighted by Gasteiger charge is 2.83. The highest BCUT2D eigenvalue weighted by molar-refractivity contribution is 5.31. The van der Waals surface area contributed by atoms with Gasteiger partial charge in [0.1, 0.15) is 0 Å². The van der Waals surface area contributed by atoms with Crippen molar-refractivity contribution in [2.45, 2.75) is 149 Å². The van der Waals surface area contributed by atoms with Gasteiger partial charge in [-0.05, 0) is 122 Å². The third-order valence-electron chi connectivity index (χ3n) is 16.4. The molecule has 3 saturated heterocycles. The summed E-state index contributed by atoms with van der Waals surface area (Å²) >= 11 is 0. The second-order valence-electron chi connectivity index (χ2n) is 18.8. The van der Waals surface area contributed by atoms with Gasteiger partial charge < -0.3 is 29.8 Å². The number of aliphatic hydroxyl groups is 1. The SMILES string of the molecule is CC1C[C@H]([C@H](N)C(C)(C)O)O[C@@H]2C[C@@]3(C)C4CC[C@H]5C(C)(C)C(OC6CN(C7COC7)CCO6)CCC56CC46CC[C@]3(C)[C@@H]12. The largest absolute Gasteiger partial charge is 0.389 e. The Hall–Kier alpha value is -0.280. The molecule has 0 bridgehead atoms. The van der Waals surface area contributed by atoms with Gasteiger partial charge in [-0.25, -0.2) is 0 Å². The molecule has 44 heavy (non-hydrogen) atoms. The van der Waals surface area contributed by atoms with Gasteiger partial charge in [-0.3, -0.25) is 4.90 Å². The Kier molecular flexibility index (Phi) is 6.97. The maximum Gasteiger partial charge on any atom is 0.170 e. The summed E-state index contributed by atoms with van der Waals surface area (Å²) in [5.41, 5.74) is 7.41. The fourth-order valence-corrected chi connectivity index (χ4v) is 13.9. The summed E-state index contributed by atoms with van der Waals surface area (Å²) in [6.07, 6.45) is 11.8. The van der Waals surface area contributed by atoms with Crippen LogP contribution in [-0.2, 0) is 18.9 Å². The van der Waals surface area contributed by atoms with Crippen LogP contribution in [0.1, 0.15) is 106 Å². The zero-order chi connectivity index (χ0) is 31.1. The van der Waals surface area contributed by atoms with Crippen molar-refractivity contribution in [1.82, 2.24) is 4.90 Å². The molecule has 3 heterocycles. The molecular formula is C37H62N2O5. The van der Waals surface area contributed by atoms with E-state index in [1.807, 2.05) is 13.8 Å². The van der Waals surface area contributed by atoms with Gasteiger partial charge in [0, 0.05) is 6.54 Å². The van der Waals surface area contributed by atoms with Gasteiger partial charge in [0.05, 0.1) is 62.4 Å². The molecule has 3 N–H and O–H groups in total. The minimum Gasteiger partial charge on any atom is -0.389 e. The molecule has 5 saturated carbocycles. The molecule has 13 atom stereocenters. The predicted octanol–water partition coefficient (Wildman–Crippen LogP) is 5.37. The van der Waals surface area contributed by atoms with E-state index in [-0.39, 0.29) is 36.1 Å². The van der Waals surface area contributed by atoms with Crippen molar-refractivity contribution in [2.24, 2.45) is 56.5 Å². The first-order valence-corrected chi connectivity index (χ1v) is 18.4. The average Bonchev–Trinajstić information content (AvgIpc) is 3.52. The molecule has 0 aromatic carbocycles. The average molecular weight is 615 g/mol. The molecule has 0 amide bonds. The van der Waals surface area contributed by atoms with Crippen molar-refractivity contribution >= 4 is 0 Å². The molecule has 0 aromatic heterocycles. The van der Waals surface area contributed by atoms with Gasteiger partial charge in [-0.15, -0.1) is 0 Å². The molecule has 7 heteroatoms. The smallest absolute Gasteiger partial charge is 0.170 e. The number of ether oxygens (including phenoxy) is 4. The molecule has 250 valence electrons. The van der Waals surface area contributed by atoms with Gasteiger partial charge in [-0.1, -0.05) is 34.6 Å². The van der Waals surface area contributed by atoms with E-state index in [9.17, 15) is 5.11 Å². The molecule has 8 aliphatic rings. The lowest BCUT2D eigenvalue weighted by Crippen LogP contribution is -2.60. The Balaban J connectivity index is 1.01. The van der Waals surface area contributed by atoms with E-state index in [1.165, 1.54) is 44.9 Å². The zero-order valence-corrected chi connectivity index (χ0v) is 28.8. The first kappa shape index (κ1) is 31.0. The van der Waals surface area contributed by atoms with Crippen LogP contribution >= 0.6 is 0 Å². The summed E-state index contributed by atoms with van der Waals surface area (Å²) in [4.78, 5) is 2.53. The second kappa shape index (κ2) is 9.89. The predicted molar refractivity (Wildman–Crippen MR) is 170 cm³/mol. The van der Waals surface area contributed by atoms with Crippen molar-refractivity contribution < 1.29 is 24.1 Å². The van der Waals surface area contributed by atoms with Gasteiger partial charge in [0.15, 0.2) is 6.29 Å². The molecule has 0 aromatic rings. The molecule has 0 radical (unpaired) electrons. The minimum atomic E-state index is -0.928. The van der Waals surface area contributed by atoms with Crippen LogP contribution in [0.5, 0.6) is 0 Å². The maximum absolute atomic E-state index is 10.7. The van der Waals surface area contributed by atoms with Crippen molar-refractivity contribution in [3.8, 4) is 0 Å². The van der Waals surface area contributed by atoms with E-state index in [2.05, 4.69) is 39.5 Å². The van der Waals surface area contributed by atoms with Crippen LogP contribution < -0.4 is 5.73 Å². The van der Waals surface area contributed by atoms with Crippen LogP contribution in [0.15, 0.2) is 0 Å². The number of nitrogens with two attached hydrogens (primary N) is 1. The maximum atomic E-state index is 10.7. The lowest BCUT2D eigenvalue weighted by Gasteiger charge is -2.63. The highest BCUT2D eigenvalue weighted by atomic mass is 16.7. The van der Waals surface area contributed by atoms with E-state index in [0.717, 1.165) is 57.6 Å². The van der Waals surface area contributed by atoms with E-state index in [4.69, 9.17) is 24.7 Å². The number of nitrogens with zero attached hydrogens (tertiary/aromatic N) is 1. The Morgan fingerprint density at radius 3 is 2.41 bits per heavy atom. The van der Waals surface area contributed by atoms with Crippen LogP contribution in [0.3, 0.4) is 0 Å². The minimum absolute atomic E-state index is 0.0612. The van der Waals surface area contributed by atoms with Crippen LogP contribution in [0, 0.1) is 50.7 Å². The van der Waals surface area contributed by atoms with Crippen molar-refractivity contribution in [3.05, 3.63) is 0 Å². The molecule has 3 aliphatic heterocycles. The van der Waals surface area contributed by atoms with E-state index in [1.54, 1.807) is 0 Å². The molecule has 8 rings (SSSR count). The third-order valence-corrected chi connectivity index (χ3v) is 16.4. The normalized spacial score (nSPS) is 54.2. The standard InChI is InChI=1S/C37H62N2O5/c1-22-16-24(31(38)33(4,5)40)43-25-17-35(7)27-9-8-26-32(2,3)28(44-29-18-39(14-15-42-29)23-19-41-20-23)10-11-36(26)21-37(27,36)13-12-34(35,6)30(22)25/h22-31,40H,8-21,38H2,1-7H3/t22?,24-,25-,26+,27?,28?,29?,30+,31+,34-,35+,36?,37?/m1/s1. The summed E-state index contributed by atoms with van der Waals surface area (Å²) in [6.45, 7) is 20.9. The number of hydrogen-bond acceptors (Lipinski definition) is 7. The quantitative estimate of drug-likeness (QED) is 0.431. The molecular weight excluding hydrogens is 552 g/mol. The molecule has 2 spiro atoms. The van der Waals surface area contributed by atoms with Crippen LogP contribution in [0.2, 0.25) is 0 Å². The van der Waals surface area contributed by atoms with Crippen LogP contribution in [-0.4, -0.2) is 85.2 Å². The van der Waals surface area contributed by atoms with E-state index in [0.29, 0.717) is 39.5 Å². The summed E-state index contributed by atoms with van der Waals surface area (Å²) < 4.78 is 25.6. The molecule has 6 unspecified atom stereocenters. The lowest BCUT2D eigenvalue weighted by atomic mass is 9.41. The van der Waals surface area contributed by atoms with E-state index >= 15 is 0 Å². The summed E-state index contributed by atoms with van der Waals surface area (Å²) in [7, 11) is 0. The van der Waals surface area contributed by atoms with Crippen LogP contribution in [0.4, 0.5) is 0 Å². The summed E-state index contributed by atoms with van der Waals surface area (Å²) in [5.74, 6) is 2.66. The highest BCUT2D eigenvalue weighted by Crippen LogP contribution is 2.89. The van der Waals surface area contributed by atoms with Gasteiger partial charge >= 0.3 is 0 Å². The number of morpholine rings is 1. The monoisotopic (exact) mass is 614 g/mol. The summed E-state index contributed by atoms with van der Waals surface area (Å²) in [6, 6.07) is 0.195. The molecule has 7 nitrogen and oxygen atoms in total. The summed E-state index contributed by atoms with van der Waals surface area (Å²) in [5, 5.41) is 10.7. The van der Waals surface area contributed by atoms with Crippen molar-refractivity contribution in [3.63, 3.8) is 0 Å². The Morgan fingerprint density at radius 1 is 0.977 bits per heavy atom. The van der Waals surface area contributed by atoms with Crippen LogP contribution in [0.25, 0.3) is 0 Å². The number of fused-ring (bicyclic) bond motifs is 4. The zero-order valence-electron chi connectivity index (χ0n) is 28.8. The van der Waals surface area contributed by atoms with Gasteiger partial charge in [-0.2, -0.15) is 0 Å². The number of rotatable bonds is 5. The fourth-order valence-electron chi connectivity index (χ4n) is 13.9. The fraction of sp³-hybridized carbons (Fsp3) is 1.00. The first-order valence-electron chi connectivity index (χ1n) is 18.4. The van der Waals surface area contributed by atoms with Crippen molar-refractivity contribution in [1.29, 1.82) is 0 Å². The lowest BCUT2D eigenvalue weighted by molar-refractivity contribution is -0.255. The Bertz CT molecular complexity index is 1140. The molecule has 5 aliphatic carbocycles. The van der Waals surface area contributed by atoms with Gasteiger partial charge in [0.2, 0.25) is 0 Å². The second-order valence-corrected chi connectivity index (χ2v) is 18.8. The third kappa shape index (κ3) is 4.05. The first-order chi connectivity index (χ1) is 20.7. The topological polar surface area (TPSA) is 86.4 Å². The molecule has 8 fully saturated rings. The Morgan fingerprint density at radius 2 is 1.70 bits per heavy atom. The van der Waals surface area contributed by atoms with E-state index < -0.39 is 5.60 Å². The van der Waals surface area contributed by atoms with Crippen molar-refractivity contribution in [2.75, 3.05) is 32.9 Å².